The Balaban J connectivity index is 1.85. The highest BCUT2D eigenvalue weighted by molar-refractivity contribution is 6.29. The Kier molecular flexibility index (Phi) is 3.44. The fraction of sp³-hybridized carbons (Fsp3) is 0.0625. The van der Waals surface area contributed by atoms with Gasteiger partial charge in [0.05, 0.1) is 11.9 Å². The second kappa shape index (κ2) is 5.39. The van der Waals surface area contributed by atoms with Crippen molar-refractivity contribution >= 4 is 28.3 Å². The van der Waals surface area contributed by atoms with Crippen LogP contribution in [0.5, 0.6) is 0 Å². The number of halogens is 1. The van der Waals surface area contributed by atoms with Crippen LogP contribution in [-0.2, 0) is 6.42 Å². The van der Waals surface area contributed by atoms with Crippen molar-refractivity contribution in [2.45, 2.75) is 6.42 Å². The molecule has 4 heteroatoms. The second-order valence-corrected chi connectivity index (χ2v) is 4.85. The van der Waals surface area contributed by atoms with Crippen LogP contribution in [0.15, 0.2) is 54.7 Å². The van der Waals surface area contributed by atoms with Gasteiger partial charge >= 0.3 is 0 Å². The van der Waals surface area contributed by atoms with Crippen molar-refractivity contribution < 1.29 is 4.79 Å². The number of fused-ring (bicyclic) bond motifs is 1. The number of carbonyl (C=O) groups excluding carboxylic acids is 1. The smallest absolute Gasteiger partial charge is 0.170 e. The average Bonchev–Trinajstić information content (AvgIpc) is 2.48. The van der Waals surface area contributed by atoms with Crippen LogP contribution >= 0.6 is 11.6 Å². The maximum Gasteiger partial charge on any atom is 0.170 e. The molecule has 0 atom stereocenters. The van der Waals surface area contributed by atoms with E-state index in [4.69, 9.17) is 11.6 Å². The highest BCUT2D eigenvalue weighted by Crippen LogP contribution is 2.14. The molecule has 1 aromatic carbocycles. The van der Waals surface area contributed by atoms with Crippen molar-refractivity contribution in [1.82, 2.24) is 9.97 Å². The molecule has 0 radical (unpaired) electrons. The molecule has 2 aromatic heterocycles. The number of para-hydroxylation sites is 1. The molecule has 0 aliphatic rings. The third-order valence-electron chi connectivity index (χ3n) is 3.05. The van der Waals surface area contributed by atoms with Gasteiger partial charge in [-0.2, -0.15) is 0 Å². The van der Waals surface area contributed by atoms with Gasteiger partial charge in [0.25, 0.3) is 0 Å². The van der Waals surface area contributed by atoms with Crippen molar-refractivity contribution in [2.75, 3.05) is 0 Å². The Morgan fingerprint density at radius 1 is 1.05 bits per heavy atom. The number of hydrogen-bond acceptors (Lipinski definition) is 3. The highest BCUT2D eigenvalue weighted by Gasteiger charge is 2.09. The van der Waals surface area contributed by atoms with Gasteiger partial charge in [-0.3, -0.25) is 9.78 Å². The molecule has 0 saturated heterocycles. The van der Waals surface area contributed by atoms with Gasteiger partial charge in [0.1, 0.15) is 5.15 Å². The maximum atomic E-state index is 12.1. The third-order valence-corrected chi connectivity index (χ3v) is 3.27. The number of nitrogens with zero attached hydrogens (tertiary/aromatic N) is 2. The molecule has 0 bridgehead atoms. The van der Waals surface area contributed by atoms with Crippen LogP contribution in [0.4, 0.5) is 0 Å². The SMILES string of the molecule is O=C(Cc1ccc2ccccc2n1)c1ccc(Cl)nc1. The van der Waals surface area contributed by atoms with Gasteiger partial charge in [0.2, 0.25) is 0 Å². The minimum Gasteiger partial charge on any atom is -0.294 e. The van der Waals surface area contributed by atoms with Crippen molar-refractivity contribution in [3.63, 3.8) is 0 Å². The van der Waals surface area contributed by atoms with Gasteiger partial charge in [0.15, 0.2) is 5.78 Å². The summed E-state index contributed by atoms with van der Waals surface area (Å²) in [6.45, 7) is 0. The Hall–Kier alpha value is -2.26. The summed E-state index contributed by atoms with van der Waals surface area (Å²) in [5, 5.41) is 1.45. The maximum absolute atomic E-state index is 12.1. The Morgan fingerprint density at radius 3 is 2.70 bits per heavy atom. The fourth-order valence-corrected chi connectivity index (χ4v) is 2.13. The topological polar surface area (TPSA) is 42.9 Å². The zero-order chi connectivity index (χ0) is 13.9. The lowest BCUT2D eigenvalue weighted by Gasteiger charge is -2.03. The molecular formula is C16H11ClN2O. The van der Waals surface area contributed by atoms with E-state index in [1.165, 1.54) is 6.20 Å². The van der Waals surface area contributed by atoms with Gasteiger partial charge in [-0.25, -0.2) is 4.98 Å². The van der Waals surface area contributed by atoms with E-state index >= 15 is 0 Å². The zero-order valence-corrected chi connectivity index (χ0v) is 11.3. The lowest BCUT2D eigenvalue weighted by atomic mass is 10.1. The van der Waals surface area contributed by atoms with E-state index in [1.54, 1.807) is 12.1 Å². The molecule has 3 aromatic rings. The van der Waals surface area contributed by atoms with Crippen LogP contribution in [0.25, 0.3) is 10.9 Å². The van der Waals surface area contributed by atoms with Crippen molar-refractivity contribution in [3.05, 3.63) is 71.1 Å². The van der Waals surface area contributed by atoms with Crippen LogP contribution in [0, 0.1) is 0 Å². The first-order valence-electron chi connectivity index (χ1n) is 6.22. The van der Waals surface area contributed by atoms with E-state index in [2.05, 4.69) is 9.97 Å². The summed E-state index contributed by atoms with van der Waals surface area (Å²) in [5.41, 5.74) is 2.19. The Bertz CT molecular complexity index is 769. The van der Waals surface area contributed by atoms with E-state index < -0.39 is 0 Å². The van der Waals surface area contributed by atoms with E-state index in [0.717, 1.165) is 16.6 Å². The molecule has 0 spiro atoms. The van der Waals surface area contributed by atoms with Crippen molar-refractivity contribution in [1.29, 1.82) is 0 Å². The van der Waals surface area contributed by atoms with Crippen molar-refractivity contribution in [3.8, 4) is 0 Å². The van der Waals surface area contributed by atoms with E-state index in [-0.39, 0.29) is 12.2 Å². The second-order valence-electron chi connectivity index (χ2n) is 4.46. The van der Waals surface area contributed by atoms with Crippen LogP contribution in [-0.4, -0.2) is 15.8 Å². The lowest BCUT2D eigenvalue weighted by molar-refractivity contribution is 0.0991. The largest absolute Gasteiger partial charge is 0.294 e. The molecule has 98 valence electrons. The number of ketones is 1. The van der Waals surface area contributed by atoms with Crippen LogP contribution in [0.2, 0.25) is 5.15 Å². The molecule has 0 aliphatic carbocycles. The normalized spacial score (nSPS) is 10.7. The molecular weight excluding hydrogens is 272 g/mol. The van der Waals surface area contributed by atoms with Gasteiger partial charge in [-0.1, -0.05) is 35.9 Å². The summed E-state index contributed by atoms with van der Waals surface area (Å²) < 4.78 is 0. The predicted octanol–water partition coefficient (Wildman–Crippen LogP) is 3.71. The molecule has 0 amide bonds. The minimum atomic E-state index is -0.0167. The van der Waals surface area contributed by atoms with Crippen LogP contribution in [0.3, 0.4) is 0 Å². The van der Waals surface area contributed by atoms with E-state index in [1.807, 2.05) is 36.4 Å². The third kappa shape index (κ3) is 2.68. The number of rotatable bonds is 3. The monoisotopic (exact) mass is 282 g/mol. The Morgan fingerprint density at radius 2 is 1.90 bits per heavy atom. The molecule has 0 fully saturated rings. The number of aromatic nitrogens is 2. The van der Waals surface area contributed by atoms with E-state index in [9.17, 15) is 4.79 Å². The summed E-state index contributed by atoms with van der Waals surface area (Å²) in [5.74, 6) is -0.0167. The van der Waals surface area contributed by atoms with Crippen LogP contribution in [0.1, 0.15) is 16.1 Å². The first-order valence-corrected chi connectivity index (χ1v) is 6.59. The standard InChI is InChI=1S/C16H11ClN2O/c17-16-8-6-12(10-18-16)15(20)9-13-7-5-11-3-1-2-4-14(11)19-13/h1-8,10H,9H2. The summed E-state index contributed by atoms with van der Waals surface area (Å²) in [6, 6.07) is 15.0. The average molecular weight is 283 g/mol. The molecule has 3 nitrogen and oxygen atoms in total. The van der Waals surface area contributed by atoms with Gasteiger partial charge in [-0.05, 0) is 24.3 Å². The summed E-state index contributed by atoms with van der Waals surface area (Å²) in [6.07, 6.45) is 1.75. The van der Waals surface area contributed by atoms with Gasteiger partial charge in [-0.15, -0.1) is 0 Å². The lowest BCUT2D eigenvalue weighted by Crippen LogP contribution is -2.05. The highest BCUT2D eigenvalue weighted by atomic mass is 35.5. The molecule has 2 heterocycles. The number of benzene rings is 1. The summed E-state index contributed by atoms with van der Waals surface area (Å²) >= 11 is 5.71. The molecule has 0 aliphatic heterocycles. The van der Waals surface area contributed by atoms with Crippen molar-refractivity contribution in [2.24, 2.45) is 0 Å². The first kappa shape index (κ1) is 12.8. The minimum absolute atomic E-state index is 0.0167. The van der Waals surface area contributed by atoms with Crippen LogP contribution < -0.4 is 0 Å². The van der Waals surface area contributed by atoms with Gasteiger partial charge in [0, 0.05) is 22.8 Å². The van der Waals surface area contributed by atoms with Gasteiger partial charge < -0.3 is 0 Å². The quantitative estimate of drug-likeness (QED) is 0.543. The predicted molar refractivity (Wildman–Crippen MR) is 79.0 cm³/mol. The fourth-order valence-electron chi connectivity index (χ4n) is 2.01. The number of carbonyl (C=O) groups is 1. The molecule has 0 unspecified atom stereocenters. The Labute approximate surface area is 121 Å². The summed E-state index contributed by atoms with van der Waals surface area (Å²) in [7, 11) is 0. The zero-order valence-electron chi connectivity index (χ0n) is 10.6. The summed E-state index contributed by atoms with van der Waals surface area (Å²) in [4.78, 5) is 20.5. The molecule has 3 rings (SSSR count). The number of Topliss-reactive ketones (excluding diaryl/α,β-unsaturated/α-hetero) is 1. The number of hydrogen-bond donors (Lipinski definition) is 0. The first-order chi connectivity index (χ1) is 9.72. The van der Waals surface area contributed by atoms with E-state index in [0.29, 0.717) is 10.7 Å². The molecule has 20 heavy (non-hydrogen) atoms. The number of pyridine rings is 2. The molecule has 0 saturated carbocycles. The molecule has 0 N–H and O–H groups in total.